The zero-order chi connectivity index (χ0) is 16.9. The van der Waals surface area contributed by atoms with E-state index in [1.807, 2.05) is 36.8 Å². The van der Waals surface area contributed by atoms with Crippen LogP contribution in [0.25, 0.3) is 11.0 Å². The molecule has 0 atom stereocenters. The molecule has 0 N–H and O–H groups in total. The molecule has 0 unspecified atom stereocenters. The number of nitrogens with zero attached hydrogens (tertiary/aromatic N) is 3. The third kappa shape index (κ3) is 3.69. The van der Waals surface area contributed by atoms with Crippen molar-refractivity contribution in [3.8, 4) is 5.75 Å². The van der Waals surface area contributed by atoms with E-state index in [4.69, 9.17) is 4.74 Å². The SMILES string of the molecule is c1ccc(Cc2ccc(OCCn3cnc4ccncc43)cc2)cc1. The lowest BCUT2D eigenvalue weighted by atomic mass is 10.1. The molecular weight excluding hydrogens is 310 g/mol. The van der Waals surface area contributed by atoms with Gasteiger partial charge in [0.1, 0.15) is 12.4 Å². The van der Waals surface area contributed by atoms with Gasteiger partial charge in [-0.25, -0.2) is 4.98 Å². The van der Waals surface area contributed by atoms with Gasteiger partial charge in [0.05, 0.1) is 30.1 Å². The Morgan fingerprint density at radius 2 is 1.68 bits per heavy atom. The summed E-state index contributed by atoms with van der Waals surface area (Å²) in [7, 11) is 0. The molecule has 124 valence electrons. The van der Waals surface area contributed by atoms with Crippen molar-refractivity contribution in [2.75, 3.05) is 6.61 Å². The highest BCUT2D eigenvalue weighted by atomic mass is 16.5. The second-order valence-corrected chi connectivity index (χ2v) is 5.96. The van der Waals surface area contributed by atoms with Crippen molar-refractivity contribution in [2.45, 2.75) is 13.0 Å². The van der Waals surface area contributed by atoms with E-state index in [0.29, 0.717) is 6.61 Å². The maximum absolute atomic E-state index is 5.86. The molecule has 0 saturated heterocycles. The summed E-state index contributed by atoms with van der Waals surface area (Å²) in [6, 6.07) is 20.7. The first-order valence-corrected chi connectivity index (χ1v) is 8.39. The Morgan fingerprint density at radius 1 is 0.880 bits per heavy atom. The summed E-state index contributed by atoms with van der Waals surface area (Å²) in [5.74, 6) is 0.888. The number of imidazole rings is 1. The summed E-state index contributed by atoms with van der Waals surface area (Å²) in [6.45, 7) is 1.34. The molecule has 2 aromatic heterocycles. The number of rotatable bonds is 6. The molecular formula is C21H19N3O. The molecule has 4 aromatic rings. The monoisotopic (exact) mass is 329 g/mol. The molecule has 4 heteroatoms. The maximum Gasteiger partial charge on any atom is 0.119 e. The van der Waals surface area contributed by atoms with Crippen LogP contribution in [0.5, 0.6) is 5.75 Å². The van der Waals surface area contributed by atoms with Gasteiger partial charge in [-0.1, -0.05) is 42.5 Å². The lowest BCUT2D eigenvalue weighted by molar-refractivity contribution is 0.300. The van der Waals surface area contributed by atoms with Gasteiger partial charge in [0.15, 0.2) is 0 Å². The number of pyridine rings is 1. The first kappa shape index (κ1) is 15.4. The molecule has 0 bridgehead atoms. The minimum Gasteiger partial charge on any atom is -0.492 e. The summed E-state index contributed by atoms with van der Waals surface area (Å²) < 4.78 is 7.93. The van der Waals surface area contributed by atoms with Crippen LogP contribution in [0.15, 0.2) is 79.4 Å². The Bertz CT molecular complexity index is 946. The summed E-state index contributed by atoms with van der Waals surface area (Å²) >= 11 is 0. The van der Waals surface area contributed by atoms with E-state index in [0.717, 1.165) is 29.7 Å². The van der Waals surface area contributed by atoms with Gasteiger partial charge < -0.3 is 9.30 Å². The number of ether oxygens (including phenoxy) is 1. The normalized spacial score (nSPS) is 10.9. The molecule has 4 rings (SSSR count). The van der Waals surface area contributed by atoms with Crippen LogP contribution in [0.3, 0.4) is 0 Å². The molecule has 0 aliphatic rings. The van der Waals surface area contributed by atoms with Gasteiger partial charge in [-0.2, -0.15) is 0 Å². The second-order valence-electron chi connectivity index (χ2n) is 5.96. The van der Waals surface area contributed by atoms with Crippen molar-refractivity contribution < 1.29 is 4.74 Å². The van der Waals surface area contributed by atoms with Crippen molar-refractivity contribution in [3.63, 3.8) is 0 Å². The Morgan fingerprint density at radius 3 is 2.52 bits per heavy atom. The van der Waals surface area contributed by atoms with Crippen LogP contribution in [0.1, 0.15) is 11.1 Å². The Hall–Kier alpha value is -3.14. The predicted molar refractivity (Wildman–Crippen MR) is 98.7 cm³/mol. The smallest absolute Gasteiger partial charge is 0.119 e. The average Bonchev–Trinajstić information content (AvgIpc) is 3.07. The van der Waals surface area contributed by atoms with Gasteiger partial charge in [0, 0.05) is 6.20 Å². The van der Waals surface area contributed by atoms with Gasteiger partial charge in [-0.3, -0.25) is 4.98 Å². The van der Waals surface area contributed by atoms with E-state index in [-0.39, 0.29) is 0 Å². The van der Waals surface area contributed by atoms with E-state index in [9.17, 15) is 0 Å². The zero-order valence-electron chi connectivity index (χ0n) is 13.9. The molecule has 0 fully saturated rings. The minimum absolute atomic E-state index is 0.596. The van der Waals surface area contributed by atoms with Crippen molar-refractivity contribution >= 4 is 11.0 Å². The van der Waals surface area contributed by atoms with Crippen LogP contribution in [0.2, 0.25) is 0 Å². The lowest BCUT2D eigenvalue weighted by Gasteiger charge is -2.08. The highest BCUT2D eigenvalue weighted by Gasteiger charge is 2.02. The Balaban J connectivity index is 1.34. The van der Waals surface area contributed by atoms with Crippen LogP contribution in [0, 0.1) is 0 Å². The minimum atomic E-state index is 0.596. The number of fused-ring (bicyclic) bond motifs is 1. The Kier molecular flexibility index (Phi) is 4.42. The highest BCUT2D eigenvalue weighted by Crippen LogP contribution is 2.16. The second kappa shape index (κ2) is 7.18. The van der Waals surface area contributed by atoms with E-state index < -0.39 is 0 Å². The van der Waals surface area contributed by atoms with Gasteiger partial charge in [0.2, 0.25) is 0 Å². The molecule has 25 heavy (non-hydrogen) atoms. The fraction of sp³-hybridized carbons (Fsp3) is 0.143. The molecule has 0 amide bonds. The highest BCUT2D eigenvalue weighted by molar-refractivity contribution is 5.73. The quantitative estimate of drug-likeness (QED) is 0.535. The van der Waals surface area contributed by atoms with E-state index in [1.54, 1.807) is 6.20 Å². The number of hydrogen-bond donors (Lipinski definition) is 0. The van der Waals surface area contributed by atoms with E-state index in [1.165, 1.54) is 11.1 Å². The van der Waals surface area contributed by atoms with Crippen LogP contribution in [-0.2, 0) is 13.0 Å². The third-order valence-corrected chi connectivity index (χ3v) is 4.20. The largest absolute Gasteiger partial charge is 0.492 e. The Labute approximate surface area is 146 Å². The fourth-order valence-electron chi connectivity index (χ4n) is 2.88. The first-order chi connectivity index (χ1) is 12.4. The maximum atomic E-state index is 5.86. The van der Waals surface area contributed by atoms with Gasteiger partial charge >= 0.3 is 0 Å². The zero-order valence-corrected chi connectivity index (χ0v) is 13.9. The molecule has 0 radical (unpaired) electrons. The molecule has 0 aliphatic carbocycles. The predicted octanol–water partition coefficient (Wildman–Crippen LogP) is 4.10. The van der Waals surface area contributed by atoms with Crippen molar-refractivity contribution in [2.24, 2.45) is 0 Å². The lowest BCUT2D eigenvalue weighted by Crippen LogP contribution is -2.07. The number of hydrogen-bond acceptors (Lipinski definition) is 3. The van der Waals surface area contributed by atoms with Crippen molar-refractivity contribution in [3.05, 3.63) is 90.5 Å². The molecule has 0 saturated carbocycles. The van der Waals surface area contributed by atoms with Crippen LogP contribution >= 0.6 is 0 Å². The third-order valence-electron chi connectivity index (χ3n) is 4.20. The summed E-state index contributed by atoms with van der Waals surface area (Å²) in [6.07, 6.45) is 6.36. The summed E-state index contributed by atoms with van der Waals surface area (Å²) in [5.41, 5.74) is 4.59. The van der Waals surface area contributed by atoms with Gasteiger partial charge in [0.25, 0.3) is 0 Å². The van der Waals surface area contributed by atoms with Crippen molar-refractivity contribution in [1.29, 1.82) is 0 Å². The molecule has 4 nitrogen and oxygen atoms in total. The van der Waals surface area contributed by atoms with E-state index >= 15 is 0 Å². The number of aromatic nitrogens is 3. The molecule has 2 aromatic carbocycles. The molecule has 2 heterocycles. The topological polar surface area (TPSA) is 39.9 Å². The van der Waals surface area contributed by atoms with Crippen LogP contribution in [0.4, 0.5) is 0 Å². The standard InChI is InChI=1S/C21H19N3O/c1-2-4-17(5-3-1)14-18-6-8-19(9-7-18)25-13-12-24-16-23-20-10-11-22-15-21(20)24/h1-11,15-16H,12-14H2. The van der Waals surface area contributed by atoms with Crippen LogP contribution < -0.4 is 4.74 Å². The van der Waals surface area contributed by atoms with Gasteiger partial charge in [-0.05, 0) is 35.7 Å². The molecule has 0 spiro atoms. The average molecular weight is 329 g/mol. The van der Waals surface area contributed by atoms with Crippen LogP contribution in [-0.4, -0.2) is 21.1 Å². The molecule has 0 aliphatic heterocycles. The van der Waals surface area contributed by atoms with E-state index in [2.05, 4.69) is 50.9 Å². The summed E-state index contributed by atoms with van der Waals surface area (Å²) in [5, 5.41) is 0. The first-order valence-electron chi connectivity index (χ1n) is 8.39. The fourth-order valence-corrected chi connectivity index (χ4v) is 2.88. The van der Waals surface area contributed by atoms with Crippen molar-refractivity contribution in [1.82, 2.24) is 14.5 Å². The number of benzene rings is 2. The van der Waals surface area contributed by atoms with Gasteiger partial charge in [-0.15, -0.1) is 0 Å². The summed E-state index contributed by atoms with van der Waals surface area (Å²) in [4.78, 5) is 8.52.